The number of hydrogen-bond acceptors (Lipinski definition) is 8. The Balaban J connectivity index is 1.23. The molecule has 3 aromatic rings. The summed E-state index contributed by atoms with van der Waals surface area (Å²) in [6.45, 7) is 0.563. The second-order valence-corrected chi connectivity index (χ2v) is 6.41. The van der Waals surface area contributed by atoms with E-state index >= 15 is 0 Å². The first kappa shape index (κ1) is 20.0. The predicted molar refractivity (Wildman–Crippen MR) is 105 cm³/mol. The Labute approximate surface area is 175 Å². The lowest BCUT2D eigenvalue weighted by Gasteiger charge is -2.19. The molecule has 0 aliphatic carbocycles. The van der Waals surface area contributed by atoms with Gasteiger partial charge in [-0.3, -0.25) is 14.8 Å². The molecule has 3 heterocycles. The van der Waals surface area contributed by atoms with E-state index in [0.717, 1.165) is 0 Å². The summed E-state index contributed by atoms with van der Waals surface area (Å²) in [6, 6.07) is 8.87. The lowest BCUT2D eigenvalue weighted by atomic mass is 10.2. The number of carbonyl (C=O) groups is 3. The average Bonchev–Trinajstić information content (AvgIpc) is 3.44. The van der Waals surface area contributed by atoms with Crippen LogP contribution in [0, 0.1) is 0 Å². The third kappa shape index (κ3) is 5.21. The van der Waals surface area contributed by atoms with Gasteiger partial charge in [0.15, 0.2) is 18.1 Å². The Hall–Kier alpha value is -4.28. The SMILES string of the molecule is O=C(COC(=O)c1ccc(Cn2cccn2)o1)NC(=O)Nc1ccc2c(c1)OCCO2. The van der Waals surface area contributed by atoms with E-state index in [1.165, 1.54) is 6.07 Å². The highest BCUT2D eigenvalue weighted by Gasteiger charge is 2.17. The second kappa shape index (κ2) is 9.03. The minimum absolute atomic E-state index is 0.0596. The molecule has 2 N–H and O–H groups in total. The zero-order valence-corrected chi connectivity index (χ0v) is 16.2. The van der Waals surface area contributed by atoms with Crippen LogP contribution in [0.1, 0.15) is 16.3 Å². The first-order valence-corrected chi connectivity index (χ1v) is 9.30. The Morgan fingerprint density at radius 2 is 1.94 bits per heavy atom. The zero-order valence-electron chi connectivity index (χ0n) is 16.2. The maximum atomic E-state index is 12.0. The van der Waals surface area contributed by atoms with Crippen LogP contribution in [0.25, 0.3) is 0 Å². The van der Waals surface area contributed by atoms with Crippen LogP contribution >= 0.6 is 0 Å². The molecule has 31 heavy (non-hydrogen) atoms. The van der Waals surface area contributed by atoms with E-state index in [1.807, 2.05) is 0 Å². The molecule has 0 unspecified atom stereocenters. The van der Waals surface area contributed by atoms with Crippen LogP contribution < -0.4 is 20.1 Å². The number of esters is 1. The molecule has 1 aliphatic rings. The number of fused-ring (bicyclic) bond motifs is 1. The van der Waals surface area contributed by atoms with E-state index in [2.05, 4.69) is 15.7 Å². The van der Waals surface area contributed by atoms with Gasteiger partial charge in [0.2, 0.25) is 5.76 Å². The number of aromatic nitrogens is 2. The van der Waals surface area contributed by atoms with Crippen molar-refractivity contribution in [3.8, 4) is 11.5 Å². The smallest absolute Gasteiger partial charge is 0.374 e. The number of hydrogen-bond donors (Lipinski definition) is 2. The summed E-state index contributed by atoms with van der Waals surface area (Å²) in [6.07, 6.45) is 3.38. The molecule has 160 valence electrons. The van der Waals surface area contributed by atoms with Crippen LogP contribution in [-0.2, 0) is 16.1 Å². The maximum Gasteiger partial charge on any atom is 0.374 e. The highest BCUT2D eigenvalue weighted by Crippen LogP contribution is 2.32. The van der Waals surface area contributed by atoms with E-state index in [1.54, 1.807) is 47.4 Å². The van der Waals surface area contributed by atoms with Crippen molar-refractivity contribution < 1.29 is 33.0 Å². The van der Waals surface area contributed by atoms with E-state index < -0.39 is 24.5 Å². The number of furan rings is 1. The number of carbonyl (C=O) groups excluding carboxylic acids is 3. The van der Waals surface area contributed by atoms with Crippen molar-refractivity contribution in [2.45, 2.75) is 6.54 Å². The maximum absolute atomic E-state index is 12.0. The van der Waals surface area contributed by atoms with Gasteiger partial charge in [0.1, 0.15) is 19.0 Å². The molecular weight excluding hydrogens is 408 g/mol. The van der Waals surface area contributed by atoms with Crippen molar-refractivity contribution in [3.05, 3.63) is 60.3 Å². The topological polar surface area (TPSA) is 134 Å². The minimum Gasteiger partial charge on any atom is -0.486 e. The second-order valence-electron chi connectivity index (χ2n) is 6.41. The molecule has 0 bridgehead atoms. The lowest BCUT2D eigenvalue weighted by Crippen LogP contribution is -2.37. The Kier molecular flexibility index (Phi) is 5.83. The number of imide groups is 1. The minimum atomic E-state index is -0.825. The van der Waals surface area contributed by atoms with Crippen LogP contribution in [-0.4, -0.2) is 47.5 Å². The van der Waals surface area contributed by atoms with Gasteiger partial charge in [0.25, 0.3) is 5.91 Å². The number of urea groups is 1. The summed E-state index contributed by atoms with van der Waals surface area (Å²) in [5, 5.41) is 8.60. The molecule has 1 aliphatic heterocycles. The average molecular weight is 426 g/mol. The first-order valence-electron chi connectivity index (χ1n) is 9.30. The third-order valence-corrected chi connectivity index (χ3v) is 4.13. The van der Waals surface area contributed by atoms with E-state index in [-0.39, 0.29) is 5.76 Å². The first-order chi connectivity index (χ1) is 15.1. The van der Waals surface area contributed by atoms with Crippen LogP contribution in [0.5, 0.6) is 11.5 Å². The quantitative estimate of drug-likeness (QED) is 0.570. The summed E-state index contributed by atoms with van der Waals surface area (Å²) < 4.78 is 22.7. The summed E-state index contributed by atoms with van der Waals surface area (Å²) in [5.74, 6) is -0.115. The standard InChI is InChI=1S/C20H18N4O7/c25-18(23-20(27)22-13-2-4-15-17(10-13)29-9-8-28-15)12-30-19(26)16-5-3-14(31-16)11-24-7-1-6-21-24/h1-7,10H,8-9,11-12H2,(H2,22,23,25,27). The summed E-state index contributed by atoms with van der Waals surface area (Å²) >= 11 is 0. The molecule has 3 amide bonds. The van der Waals surface area contributed by atoms with Crippen molar-refractivity contribution >= 4 is 23.6 Å². The summed E-state index contributed by atoms with van der Waals surface area (Å²) in [4.78, 5) is 35.9. The van der Waals surface area contributed by atoms with Crippen LogP contribution in [0.4, 0.5) is 10.5 Å². The molecule has 0 atom stereocenters. The normalized spacial score (nSPS) is 12.1. The predicted octanol–water partition coefficient (Wildman–Crippen LogP) is 1.80. The van der Waals surface area contributed by atoms with Crippen LogP contribution in [0.3, 0.4) is 0 Å². The number of nitrogens with one attached hydrogen (secondary N) is 2. The highest BCUT2D eigenvalue weighted by atomic mass is 16.6. The zero-order chi connectivity index (χ0) is 21.6. The molecule has 0 fully saturated rings. The number of benzene rings is 1. The van der Waals surface area contributed by atoms with Crippen molar-refractivity contribution in [2.75, 3.05) is 25.1 Å². The highest BCUT2D eigenvalue weighted by molar-refractivity contribution is 6.02. The molecule has 4 rings (SSSR count). The number of amides is 3. The van der Waals surface area contributed by atoms with Crippen molar-refractivity contribution in [1.29, 1.82) is 0 Å². The fraction of sp³-hybridized carbons (Fsp3) is 0.200. The van der Waals surface area contributed by atoms with Gasteiger partial charge >= 0.3 is 12.0 Å². The van der Waals surface area contributed by atoms with Crippen LogP contribution in [0.15, 0.2) is 53.2 Å². The van der Waals surface area contributed by atoms with Gasteiger partial charge < -0.3 is 23.9 Å². The van der Waals surface area contributed by atoms with E-state index in [4.69, 9.17) is 18.6 Å². The monoisotopic (exact) mass is 426 g/mol. The van der Waals surface area contributed by atoms with E-state index in [0.29, 0.717) is 42.7 Å². The molecule has 2 aromatic heterocycles. The summed E-state index contributed by atoms with van der Waals surface area (Å²) in [7, 11) is 0. The molecular formula is C20H18N4O7. The number of ether oxygens (including phenoxy) is 3. The Morgan fingerprint density at radius 1 is 1.10 bits per heavy atom. The fourth-order valence-electron chi connectivity index (χ4n) is 2.77. The van der Waals surface area contributed by atoms with Gasteiger partial charge in [-0.1, -0.05) is 0 Å². The van der Waals surface area contributed by atoms with Crippen molar-refractivity contribution in [2.24, 2.45) is 0 Å². The third-order valence-electron chi connectivity index (χ3n) is 4.13. The van der Waals surface area contributed by atoms with Gasteiger partial charge in [-0.2, -0.15) is 5.10 Å². The molecule has 0 spiro atoms. The largest absolute Gasteiger partial charge is 0.486 e. The van der Waals surface area contributed by atoms with Gasteiger partial charge in [0.05, 0.1) is 6.54 Å². The molecule has 1 aromatic carbocycles. The van der Waals surface area contributed by atoms with Crippen molar-refractivity contribution in [1.82, 2.24) is 15.1 Å². The van der Waals surface area contributed by atoms with Gasteiger partial charge in [-0.05, 0) is 30.3 Å². The number of anilines is 1. The lowest BCUT2D eigenvalue weighted by molar-refractivity contribution is -0.123. The molecule has 0 saturated carbocycles. The van der Waals surface area contributed by atoms with Gasteiger partial charge in [0, 0.05) is 24.1 Å². The van der Waals surface area contributed by atoms with Gasteiger partial charge in [-0.15, -0.1) is 0 Å². The van der Waals surface area contributed by atoms with Crippen LogP contribution in [0.2, 0.25) is 0 Å². The van der Waals surface area contributed by atoms with Crippen molar-refractivity contribution in [3.63, 3.8) is 0 Å². The Bertz CT molecular complexity index is 1090. The molecule has 11 heteroatoms. The number of rotatable bonds is 6. The van der Waals surface area contributed by atoms with Gasteiger partial charge in [-0.25, -0.2) is 9.59 Å². The summed E-state index contributed by atoms with van der Waals surface area (Å²) in [5.41, 5.74) is 0.409. The fourth-order valence-corrected chi connectivity index (χ4v) is 2.77. The number of nitrogens with zero attached hydrogens (tertiary/aromatic N) is 2. The Morgan fingerprint density at radius 3 is 2.74 bits per heavy atom. The molecule has 0 radical (unpaired) electrons. The molecule has 0 saturated heterocycles. The molecule has 11 nitrogen and oxygen atoms in total. The van der Waals surface area contributed by atoms with E-state index in [9.17, 15) is 14.4 Å².